The normalized spacial score (nSPS) is 12.2. The van der Waals surface area contributed by atoms with Crippen molar-refractivity contribution < 1.29 is 9.22 Å². The van der Waals surface area contributed by atoms with E-state index in [1.54, 1.807) is 23.5 Å². The van der Waals surface area contributed by atoms with Gasteiger partial charge in [0.15, 0.2) is 11.5 Å². The van der Waals surface area contributed by atoms with Crippen molar-refractivity contribution in [2.45, 2.75) is 92.7 Å². The molecule has 0 bridgehead atoms. The topological polar surface area (TPSA) is 98.4 Å². The number of aromatic nitrogens is 5. The summed E-state index contributed by atoms with van der Waals surface area (Å²) in [7, 11) is -2.06. The standard InChI is InChI=1S/C41H49N7O2S2Si/c1-10-41(5,6)35-25-37(48(46-35)29-17-15-18-30(24-29)50-53(8,9)40(2,3)4)43-39(49)42-26-28-16-11-13-20-33(28)52-31-22-23-36-44-45-38(47(36)27-31)32-19-12-14-21-34(32)51-7/h11-25,27H,10,26H2,1-9H3,(H2,42,43,49). The summed E-state index contributed by atoms with van der Waals surface area (Å²) < 4.78 is 10.5. The van der Waals surface area contributed by atoms with Crippen LogP contribution in [0.1, 0.15) is 59.2 Å². The number of nitrogens with one attached hydrogen (secondary N) is 2. The Morgan fingerprint density at radius 2 is 1.62 bits per heavy atom. The second-order valence-electron chi connectivity index (χ2n) is 15.3. The summed E-state index contributed by atoms with van der Waals surface area (Å²) in [4.78, 5) is 16.8. The van der Waals surface area contributed by atoms with Crippen molar-refractivity contribution in [2.75, 3.05) is 11.6 Å². The van der Waals surface area contributed by atoms with Gasteiger partial charge in [-0.15, -0.1) is 22.0 Å². The van der Waals surface area contributed by atoms with Crippen molar-refractivity contribution in [3.8, 4) is 22.8 Å². The van der Waals surface area contributed by atoms with E-state index in [4.69, 9.17) is 9.52 Å². The number of urea groups is 1. The maximum absolute atomic E-state index is 13.6. The highest BCUT2D eigenvalue weighted by molar-refractivity contribution is 7.99. The van der Waals surface area contributed by atoms with E-state index in [1.807, 2.05) is 75.8 Å². The Morgan fingerprint density at radius 1 is 0.887 bits per heavy atom. The van der Waals surface area contributed by atoms with Gasteiger partial charge in [0.05, 0.1) is 11.4 Å². The van der Waals surface area contributed by atoms with Crippen LogP contribution in [0.15, 0.2) is 112 Å². The molecule has 6 rings (SSSR count). The van der Waals surface area contributed by atoms with E-state index in [2.05, 4.69) is 112 Å². The number of amides is 2. The van der Waals surface area contributed by atoms with Crippen LogP contribution in [0.25, 0.3) is 22.7 Å². The number of pyridine rings is 1. The van der Waals surface area contributed by atoms with Crippen molar-refractivity contribution in [1.29, 1.82) is 0 Å². The molecule has 9 nitrogen and oxygen atoms in total. The summed E-state index contributed by atoms with van der Waals surface area (Å²) in [6, 6.07) is 30.0. The van der Waals surface area contributed by atoms with Crippen LogP contribution in [0.2, 0.25) is 18.1 Å². The van der Waals surface area contributed by atoms with Crippen LogP contribution in [0.4, 0.5) is 10.6 Å². The van der Waals surface area contributed by atoms with Gasteiger partial charge in [-0.3, -0.25) is 9.72 Å². The number of anilines is 1. The predicted molar refractivity (Wildman–Crippen MR) is 221 cm³/mol. The van der Waals surface area contributed by atoms with Gasteiger partial charge in [0.2, 0.25) is 8.32 Å². The fraction of sp³-hybridized carbons (Fsp3) is 0.317. The molecule has 276 valence electrons. The minimum atomic E-state index is -2.06. The lowest BCUT2D eigenvalue weighted by Crippen LogP contribution is -2.43. The van der Waals surface area contributed by atoms with Gasteiger partial charge in [0, 0.05) is 50.5 Å². The lowest BCUT2D eigenvalue weighted by Gasteiger charge is -2.36. The Labute approximate surface area is 322 Å². The summed E-state index contributed by atoms with van der Waals surface area (Å²) in [6.45, 7) is 18.0. The van der Waals surface area contributed by atoms with Crippen LogP contribution in [0.3, 0.4) is 0 Å². The first-order valence-electron chi connectivity index (χ1n) is 17.9. The zero-order valence-electron chi connectivity index (χ0n) is 32.0. The average Bonchev–Trinajstić information content (AvgIpc) is 3.75. The van der Waals surface area contributed by atoms with Gasteiger partial charge in [-0.1, -0.05) is 95.8 Å². The smallest absolute Gasteiger partial charge is 0.320 e. The summed E-state index contributed by atoms with van der Waals surface area (Å²) in [5, 5.41) is 20.2. The molecule has 0 fully saturated rings. The molecule has 0 saturated carbocycles. The third kappa shape index (κ3) is 8.50. The molecule has 53 heavy (non-hydrogen) atoms. The number of fused-ring (bicyclic) bond motifs is 1. The van der Waals surface area contributed by atoms with Crippen LogP contribution >= 0.6 is 23.5 Å². The molecule has 0 radical (unpaired) electrons. The molecule has 12 heteroatoms. The van der Waals surface area contributed by atoms with E-state index in [1.165, 1.54) is 0 Å². The number of hydrogen-bond donors (Lipinski definition) is 2. The number of carbonyl (C=O) groups is 1. The Balaban J connectivity index is 1.21. The molecule has 0 aliphatic carbocycles. The van der Waals surface area contributed by atoms with Crippen molar-refractivity contribution in [2.24, 2.45) is 0 Å². The molecular weight excluding hydrogens is 715 g/mol. The fourth-order valence-corrected chi connectivity index (χ4v) is 8.04. The summed E-state index contributed by atoms with van der Waals surface area (Å²) in [5.41, 5.74) is 4.37. The second kappa shape index (κ2) is 15.4. The molecule has 3 aromatic carbocycles. The SMILES string of the molecule is CCC(C)(C)c1cc(NC(=O)NCc2ccccc2Sc2ccc3nnc(-c4ccccc4SC)n3c2)n(-c2cccc(O[Si](C)(C)C(C)(C)C)c2)n1. The third-order valence-electron chi connectivity index (χ3n) is 10.1. The minimum absolute atomic E-state index is 0.0596. The van der Waals surface area contributed by atoms with Gasteiger partial charge in [-0.2, -0.15) is 5.10 Å². The summed E-state index contributed by atoms with van der Waals surface area (Å²) in [6.07, 6.45) is 5.04. The molecule has 0 spiro atoms. The van der Waals surface area contributed by atoms with Crippen molar-refractivity contribution in [3.05, 3.63) is 108 Å². The molecule has 0 saturated heterocycles. The highest BCUT2D eigenvalue weighted by Crippen LogP contribution is 2.38. The van der Waals surface area contributed by atoms with E-state index in [-0.39, 0.29) is 16.5 Å². The van der Waals surface area contributed by atoms with Crippen LogP contribution in [-0.2, 0) is 12.0 Å². The molecular formula is C41H49N7O2S2Si. The Morgan fingerprint density at radius 3 is 2.36 bits per heavy atom. The first-order chi connectivity index (χ1) is 25.2. The predicted octanol–water partition coefficient (Wildman–Crippen LogP) is 10.8. The Kier molecular flexibility index (Phi) is 11.1. The maximum Gasteiger partial charge on any atom is 0.320 e. The molecule has 2 N–H and O–H groups in total. The van der Waals surface area contributed by atoms with Crippen molar-refractivity contribution >= 4 is 49.3 Å². The highest BCUT2D eigenvalue weighted by atomic mass is 32.2. The van der Waals surface area contributed by atoms with Gasteiger partial charge >= 0.3 is 6.03 Å². The van der Waals surface area contributed by atoms with Crippen LogP contribution in [-0.4, -0.2) is 45.0 Å². The molecule has 3 aromatic heterocycles. The number of carbonyl (C=O) groups excluding carboxylic acids is 1. The number of nitrogens with zero attached hydrogens (tertiary/aromatic N) is 5. The molecule has 3 heterocycles. The fourth-order valence-electron chi connectivity index (χ4n) is 5.46. The van der Waals surface area contributed by atoms with E-state index < -0.39 is 8.32 Å². The number of benzene rings is 3. The van der Waals surface area contributed by atoms with Gasteiger partial charge < -0.3 is 9.74 Å². The zero-order valence-corrected chi connectivity index (χ0v) is 34.7. The van der Waals surface area contributed by atoms with E-state index in [0.717, 1.165) is 60.8 Å². The van der Waals surface area contributed by atoms with Gasteiger partial charge in [0.25, 0.3) is 0 Å². The van der Waals surface area contributed by atoms with E-state index >= 15 is 0 Å². The molecule has 0 aliphatic heterocycles. The second-order valence-corrected chi connectivity index (χ2v) is 21.9. The largest absolute Gasteiger partial charge is 0.543 e. The van der Waals surface area contributed by atoms with Crippen LogP contribution in [0, 0.1) is 0 Å². The van der Waals surface area contributed by atoms with E-state index in [0.29, 0.717) is 12.4 Å². The lowest BCUT2D eigenvalue weighted by atomic mass is 9.87. The third-order valence-corrected chi connectivity index (χ3v) is 16.4. The van der Waals surface area contributed by atoms with Crippen LogP contribution in [0.5, 0.6) is 5.75 Å². The first kappa shape index (κ1) is 38.2. The summed E-state index contributed by atoms with van der Waals surface area (Å²) >= 11 is 3.33. The monoisotopic (exact) mass is 763 g/mol. The highest BCUT2D eigenvalue weighted by Gasteiger charge is 2.39. The molecule has 0 unspecified atom stereocenters. The van der Waals surface area contributed by atoms with Crippen LogP contribution < -0.4 is 15.1 Å². The van der Waals surface area contributed by atoms with Gasteiger partial charge in [0.1, 0.15) is 11.6 Å². The van der Waals surface area contributed by atoms with E-state index in [9.17, 15) is 4.79 Å². The Hall–Kier alpha value is -4.52. The van der Waals surface area contributed by atoms with Crippen molar-refractivity contribution in [1.82, 2.24) is 29.7 Å². The quantitative estimate of drug-likeness (QED) is 0.0946. The summed E-state index contributed by atoms with van der Waals surface area (Å²) in [5.74, 6) is 2.20. The maximum atomic E-state index is 13.6. The minimum Gasteiger partial charge on any atom is -0.543 e. The number of hydrogen-bond acceptors (Lipinski definition) is 7. The Bertz CT molecular complexity index is 2240. The molecule has 0 atom stereocenters. The number of thioether (sulfide) groups is 1. The van der Waals surface area contributed by atoms with Gasteiger partial charge in [-0.25, -0.2) is 9.48 Å². The molecule has 2 amide bonds. The lowest BCUT2D eigenvalue weighted by molar-refractivity contribution is 0.251. The van der Waals surface area contributed by atoms with Gasteiger partial charge in [-0.05, 0) is 72.8 Å². The first-order valence-corrected chi connectivity index (χ1v) is 22.8. The molecule has 6 aromatic rings. The average molecular weight is 764 g/mol. The van der Waals surface area contributed by atoms with Crippen molar-refractivity contribution in [3.63, 3.8) is 0 Å². The zero-order chi connectivity index (χ0) is 38.0. The molecule has 0 aliphatic rings. The number of rotatable bonds is 12.